The van der Waals surface area contributed by atoms with E-state index in [2.05, 4.69) is 0 Å². The third-order valence-corrected chi connectivity index (χ3v) is 4.11. The summed E-state index contributed by atoms with van der Waals surface area (Å²) >= 11 is 0. The molecule has 2 rings (SSSR count). The van der Waals surface area contributed by atoms with Gasteiger partial charge in [0.15, 0.2) is 0 Å². The molecule has 1 unspecified atom stereocenters. The molecule has 0 radical (unpaired) electrons. The normalized spacial score (nSPS) is 18.2. The van der Waals surface area contributed by atoms with Gasteiger partial charge >= 0.3 is 5.69 Å². The summed E-state index contributed by atoms with van der Waals surface area (Å²) < 4.78 is 24.2. The number of nitro benzene ring substituents is 1. The SMILES string of the molecule is COc1cc(F)c([N+](=O)[O-])cc1C(C)(C(N)=O)N1CCOCC1. The van der Waals surface area contributed by atoms with Crippen LogP contribution in [0.2, 0.25) is 0 Å². The molecule has 2 N–H and O–H groups in total. The van der Waals surface area contributed by atoms with E-state index in [-0.39, 0.29) is 11.3 Å². The molecule has 0 bridgehead atoms. The second-order valence-electron chi connectivity index (χ2n) is 5.30. The molecule has 9 heteroatoms. The molecule has 1 aromatic carbocycles. The van der Waals surface area contributed by atoms with Crippen LogP contribution in [0.5, 0.6) is 5.75 Å². The van der Waals surface area contributed by atoms with Crippen molar-refractivity contribution >= 4 is 11.6 Å². The Morgan fingerprint density at radius 1 is 1.48 bits per heavy atom. The summed E-state index contributed by atoms with van der Waals surface area (Å²) in [5.74, 6) is -1.72. The van der Waals surface area contributed by atoms with E-state index in [1.165, 1.54) is 7.11 Å². The lowest BCUT2D eigenvalue weighted by Gasteiger charge is -2.41. The van der Waals surface area contributed by atoms with Gasteiger partial charge in [0.25, 0.3) is 0 Å². The number of methoxy groups -OCH3 is 1. The number of nitrogens with two attached hydrogens (primary N) is 1. The van der Waals surface area contributed by atoms with Crippen molar-refractivity contribution < 1.29 is 23.6 Å². The van der Waals surface area contributed by atoms with Gasteiger partial charge in [-0.25, -0.2) is 0 Å². The summed E-state index contributed by atoms with van der Waals surface area (Å²) in [5, 5.41) is 11.0. The van der Waals surface area contributed by atoms with Gasteiger partial charge in [-0.2, -0.15) is 4.39 Å². The zero-order valence-corrected chi connectivity index (χ0v) is 12.9. The van der Waals surface area contributed by atoms with E-state index in [0.29, 0.717) is 26.3 Å². The Hall–Kier alpha value is -2.26. The molecule has 0 aliphatic carbocycles. The molecule has 23 heavy (non-hydrogen) atoms. The number of carbonyl (C=O) groups excluding carboxylic acids is 1. The van der Waals surface area contributed by atoms with E-state index >= 15 is 0 Å². The molecule has 1 aromatic rings. The maximum atomic E-state index is 13.8. The Morgan fingerprint density at radius 2 is 2.09 bits per heavy atom. The monoisotopic (exact) mass is 327 g/mol. The lowest BCUT2D eigenvalue weighted by molar-refractivity contribution is -0.387. The fourth-order valence-electron chi connectivity index (χ4n) is 2.70. The first-order valence-electron chi connectivity index (χ1n) is 6.97. The molecule has 1 aliphatic heterocycles. The number of morpholine rings is 1. The minimum Gasteiger partial charge on any atom is -0.496 e. The molecule has 0 spiro atoms. The highest BCUT2D eigenvalue weighted by Gasteiger charge is 2.43. The van der Waals surface area contributed by atoms with Crippen molar-refractivity contribution in [1.29, 1.82) is 0 Å². The van der Waals surface area contributed by atoms with Crippen LogP contribution in [0.4, 0.5) is 10.1 Å². The summed E-state index contributed by atoms with van der Waals surface area (Å²) in [4.78, 5) is 24.1. The Bertz CT molecular complexity index is 633. The fourth-order valence-corrected chi connectivity index (χ4v) is 2.70. The van der Waals surface area contributed by atoms with Crippen LogP contribution in [0.3, 0.4) is 0 Å². The first-order valence-corrected chi connectivity index (χ1v) is 6.97. The van der Waals surface area contributed by atoms with Crippen LogP contribution in [-0.4, -0.2) is 49.1 Å². The Kier molecular flexibility index (Phi) is 4.81. The van der Waals surface area contributed by atoms with Crippen molar-refractivity contribution in [1.82, 2.24) is 4.90 Å². The third-order valence-electron chi connectivity index (χ3n) is 4.11. The number of hydrogen-bond donors (Lipinski definition) is 1. The third kappa shape index (κ3) is 2.97. The minimum absolute atomic E-state index is 0.0286. The molecule has 1 atom stereocenters. The summed E-state index contributed by atoms with van der Waals surface area (Å²) in [7, 11) is 1.30. The number of carbonyl (C=O) groups is 1. The van der Waals surface area contributed by atoms with Crippen LogP contribution in [-0.2, 0) is 15.1 Å². The van der Waals surface area contributed by atoms with Crippen molar-refractivity contribution in [3.8, 4) is 5.75 Å². The van der Waals surface area contributed by atoms with Crippen LogP contribution in [0.15, 0.2) is 12.1 Å². The van der Waals surface area contributed by atoms with Gasteiger partial charge in [0.2, 0.25) is 11.7 Å². The summed E-state index contributed by atoms with van der Waals surface area (Å²) in [6, 6.07) is 1.91. The average Bonchev–Trinajstić information content (AvgIpc) is 2.54. The largest absolute Gasteiger partial charge is 0.496 e. The van der Waals surface area contributed by atoms with Crippen LogP contribution in [0, 0.1) is 15.9 Å². The molecule has 126 valence electrons. The molecule has 1 amide bonds. The van der Waals surface area contributed by atoms with Gasteiger partial charge in [-0.05, 0) is 6.92 Å². The number of nitrogens with zero attached hydrogens (tertiary/aromatic N) is 2. The number of ether oxygens (including phenoxy) is 2. The summed E-state index contributed by atoms with van der Waals surface area (Å²) in [6.07, 6.45) is 0. The highest BCUT2D eigenvalue weighted by molar-refractivity contribution is 5.87. The predicted octanol–water partition coefficient (Wildman–Crippen LogP) is 0.775. The lowest BCUT2D eigenvalue weighted by atomic mass is 9.87. The number of hydrogen-bond acceptors (Lipinski definition) is 6. The Balaban J connectivity index is 2.64. The van der Waals surface area contributed by atoms with Gasteiger partial charge < -0.3 is 15.2 Å². The van der Waals surface area contributed by atoms with Gasteiger partial charge in [0.1, 0.15) is 11.3 Å². The maximum Gasteiger partial charge on any atom is 0.305 e. The first kappa shape index (κ1) is 17.1. The van der Waals surface area contributed by atoms with Crippen molar-refractivity contribution in [2.75, 3.05) is 33.4 Å². The number of benzene rings is 1. The van der Waals surface area contributed by atoms with E-state index in [0.717, 1.165) is 12.1 Å². The number of amides is 1. The molecule has 1 aliphatic rings. The summed E-state index contributed by atoms with van der Waals surface area (Å²) in [6.45, 7) is 3.16. The predicted molar refractivity (Wildman–Crippen MR) is 78.5 cm³/mol. The second kappa shape index (κ2) is 6.47. The standard InChI is InChI=1S/C14H18FN3O5/c1-14(13(16)19,17-3-5-23-6-4-17)9-7-11(18(20)21)10(15)8-12(9)22-2/h7-8H,3-6H2,1-2H3,(H2,16,19). The zero-order chi connectivity index (χ0) is 17.2. The number of halogens is 1. The fraction of sp³-hybridized carbons (Fsp3) is 0.500. The molecule has 1 saturated heterocycles. The number of primary amides is 1. The molecule has 8 nitrogen and oxygen atoms in total. The van der Waals surface area contributed by atoms with Crippen molar-refractivity contribution in [3.05, 3.63) is 33.6 Å². The minimum atomic E-state index is -1.38. The highest BCUT2D eigenvalue weighted by Crippen LogP contribution is 2.38. The van der Waals surface area contributed by atoms with E-state index in [1.807, 2.05) is 0 Å². The second-order valence-corrected chi connectivity index (χ2v) is 5.30. The smallest absolute Gasteiger partial charge is 0.305 e. The van der Waals surface area contributed by atoms with E-state index in [9.17, 15) is 19.3 Å². The topological polar surface area (TPSA) is 108 Å². The quantitative estimate of drug-likeness (QED) is 0.632. The molecule has 0 saturated carbocycles. The summed E-state index contributed by atoms with van der Waals surface area (Å²) in [5.41, 5.74) is 3.62. The first-order chi connectivity index (χ1) is 10.8. The molecule has 1 fully saturated rings. The van der Waals surface area contributed by atoms with E-state index in [1.54, 1.807) is 11.8 Å². The van der Waals surface area contributed by atoms with Crippen LogP contribution >= 0.6 is 0 Å². The van der Waals surface area contributed by atoms with Crippen molar-refractivity contribution in [2.24, 2.45) is 5.73 Å². The molecule has 1 heterocycles. The van der Waals surface area contributed by atoms with E-state index in [4.69, 9.17) is 15.2 Å². The zero-order valence-electron chi connectivity index (χ0n) is 12.9. The van der Waals surface area contributed by atoms with Gasteiger partial charge in [0.05, 0.1) is 25.2 Å². The van der Waals surface area contributed by atoms with Gasteiger partial charge in [-0.1, -0.05) is 0 Å². The Labute approximate surface area is 132 Å². The molecular formula is C14H18FN3O5. The van der Waals surface area contributed by atoms with Crippen LogP contribution in [0.1, 0.15) is 12.5 Å². The average molecular weight is 327 g/mol. The maximum absolute atomic E-state index is 13.8. The van der Waals surface area contributed by atoms with Crippen molar-refractivity contribution in [3.63, 3.8) is 0 Å². The lowest BCUT2D eigenvalue weighted by Crippen LogP contribution is -2.56. The van der Waals surface area contributed by atoms with Gasteiger partial charge in [0, 0.05) is 30.8 Å². The van der Waals surface area contributed by atoms with Crippen LogP contribution in [0.25, 0.3) is 0 Å². The van der Waals surface area contributed by atoms with Gasteiger partial charge in [-0.3, -0.25) is 19.8 Å². The highest BCUT2D eigenvalue weighted by atomic mass is 19.1. The van der Waals surface area contributed by atoms with E-state index < -0.39 is 27.9 Å². The number of rotatable bonds is 5. The Morgan fingerprint density at radius 3 is 2.57 bits per heavy atom. The van der Waals surface area contributed by atoms with Gasteiger partial charge in [-0.15, -0.1) is 0 Å². The molecule has 0 aromatic heterocycles. The van der Waals surface area contributed by atoms with Crippen molar-refractivity contribution in [2.45, 2.75) is 12.5 Å². The van der Waals surface area contributed by atoms with Crippen LogP contribution < -0.4 is 10.5 Å². The number of nitro groups is 1. The molecular weight excluding hydrogens is 309 g/mol.